The van der Waals surface area contributed by atoms with Crippen molar-refractivity contribution in [2.75, 3.05) is 5.01 Å². The predicted molar refractivity (Wildman–Crippen MR) is 132 cm³/mol. The van der Waals surface area contributed by atoms with Gasteiger partial charge in [0.1, 0.15) is 5.69 Å². The summed E-state index contributed by atoms with van der Waals surface area (Å²) in [5.74, 6) is -12.0. The van der Waals surface area contributed by atoms with Gasteiger partial charge in [0.15, 0.2) is 23.3 Å². The van der Waals surface area contributed by atoms with Crippen LogP contribution in [0.15, 0.2) is 59.2 Å². The number of para-hydroxylation sites is 1. The number of hydrogen-bond acceptors (Lipinski definition) is 2. The number of nitrogens with zero attached hydrogens (tertiary/aromatic N) is 3. The van der Waals surface area contributed by atoms with Gasteiger partial charge < -0.3 is 4.57 Å². The molecule has 10 heteroatoms. The highest BCUT2D eigenvalue weighted by molar-refractivity contribution is 6.32. The Morgan fingerprint density at radius 2 is 1.46 bits per heavy atom. The van der Waals surface area contributed by atoms with Gasteiger partial charge in [-0.05, 0) is 37.6 Å². The number of hydrogen-bond donors (Lipinski definition) is 0. The molecule has 0 saturated heterocycles. The molecule has 2 heterocycles. The molecule has 0 bridgehead atoms. The van der Waals surface area contributed by atoms with E-state index in [2.05, 4.69) is 5.10 Å². The van der Waals surface area contributed by atoms with E-state index in [0.717, 1.165) is 22.2 Å². The van der Waals surface area contributed by atoms with Crippen LogP contribution >= 0.6 is 11.6 Å². The number of fused-ring (bicyclic) bond motifs is 1. The third-order valence-electron chi connectivity index (χ3n) is 6.32. The van der Waals surface area contributed by atoms with Crippen molar-refractivity contribution in [3.05, 3.63) is 105 Å². The molecule has 0 N–H and O–H groups in total. The lowest BCUT2D eigenvalue weighted by Gasteiger charge is -2.15. The fourth-order valence-corrected chi connectivity index (χ4v) is 4.60. The van der Waals surface area contributed by atoms with E-state index in [1.54, 1.807) is 6.07 Å². The van der Waals surface area contributed by atoms with Crippen molar-refractivity contribution >= 4 is 45.9 Å². The van der Waals surface area contributed by atoms with Gasteiger partial charge in [0.25, 0.3) is 5.91 Å². The first kappa shape index (κ1) is 24.7. The Labute approximate surface area is 212 Å². The van der Waals surface area contributed by atoms with Crippen LogP contribution in [0, 0.1) is 36.0 Å². The zero-order valence-corrected chi connectivity index (χ0v) is 20.2. The third-order valence-corrected chi connectivity index (χ3v) is 6.68. The molecule has 1 amide bonds. The van der Waals surface area contributed by atoms with Crippen molar-refractivity contribution in [3.63, 3.8) is 0 Å². The Bertz CT molecular complexity index is 1650. The standard InChI is InChI=1S/C27H17ClF5N3O/c1-13-17(27(37)36(34-13)26-24(32)22(30)21(29)23(31)25(26)33)11-18-14(2)35(20-10-6-4-8-16(18)20)12-15-7-3-5-9-19(15)28/h3-11H,12H2,1-2H3/b17-11-. The maximum absolute atomic E-state index is 14.4. The summed E-state index contributed by atoms with van der Waals surface area (Å²) in [7, 11) is 0. The average molecular weight is 530 g/mol. The molecular weight excluding hydrogens is 513 g/mol. The maximum atomic E-state index is 14.4. The van der Waals surface area contributed by atoms with Crippen molar-refractivity contribution in [2.45, 2.75) is 20.4 Å². The van der Waals surface area contributed by atoms with Crippen LogP contribution in [0.2, 0.25) is 5.02 Å². The summed E-state index contributed by atoms with van der Waals surface area (Å²) in [6, 6.07) is 14.8. The van der Waals surface area contributed by atoms with E-state index < -0.39 is 40.7 Å². The van der Waals surface area contributed by atoms with Gasteiger partial charge in [-0.25, -0.2) is 22.0 Å². The molecule has 4 nitrogen and oxygen atoms in total. The number of amides is 1. The fourth-order valence-electron chi connectivity index (χ4n) is 4.40. The van der Waals surface area contributed by atoms with Crippen LogP contribution in [-0.4, -0.2) is 16.2 Å². The number of anilines is 1. The van der Waals surface area contributed by atoms with Gasteiger partial charge in [-0.2, -0.15) is 10.1 Å². The van der Waals surface area contributed by atoms with Crippen molar-refractivity contribution in [1.29, 1.82) is 0 Å². The molecule has 1 aliphatic heterocycles. The Morgan fingerprint density at radius 3 is 2.14 bits per heavy atom. The zero-order valence-electron chi connectivity index (χ0n) is 19.4. The van der Waals surface area contributed by atoms with Gasteiger partial charge in [-0.1, -0.05) is 48.0 Å². The van der Waals surface area contributed by atoms with E-state index in [1.165, 1.54) is 13.0 Å². The molecule has 0 aliphatic carbocycles. The number of hydrazone groups is 1. The quantitative estimate of drug-likeness (QED) is 0.120. The van der Waals surface area contributed by atoms with Gasteiger partial charge in [-0.3, -0.25) is 4.79 Å². The normalized spacial score (nSPS) is 14.8. The Balaban J connectivity index is 1.62. The van der Waals surface area contributed by atoms with Gasteiger partial charge in [-0.15, -0.1) is 0 Å². The molecule has 0 fully saturated rings. The van der Waals surface area contributed by atoms with Crippen LogP contribution in [0.4, 0.5) is 27.6 Å². The minimum Gasteiger partial charge on any atom is -0.340 e. The molecule has 0 unspecified atom stereocenters. The van der Waals surface area contributed by atoms with Gasteiger partial charge in [0.05, 0.1) is 11.3 Å². The molecular formula is C27H17ClF5N3O. The van der Waals surface area contributed by atoms with Crippen LogP contribution < -0.4 is 5.01 Å². The fraction of sp³-hybridized carbons (Fsp3) is 0.111. The van der Waals surface area contributed by atoms with Crippen LogP contribution in [-0.2, 0) is 11.3 Å². The summed E-state index contributed by atoms with van der Waals surface area (Å²) in [6.07, 6.45) is 1.51. The smallest absolute Gasteiger partial charge is 0.280 e. The minimum atomic E-state index is -2.32. The Hall–Kier alpha value is -3.98. The first-order valence-electron chi connectivity index (χ1n) is 11.1. The summed E-state index contributed by atoms with van der Waals surface area (Å²) in [4.78, 5) is 13.2. The SMILES string of the molecule is CC1=NN(c2c(F)c(F)c(F)c(F)c2F)C(=O)/C1=C\c1c(C)n(Cc2ccccc2Cl)c2ccccc12. The average Bonchev–Trinajstić information content (AvgIpc) is 3.31. The lowest BCUT2D eigenvalue weighted by Crippen LogP contribution is -2.25. The molecule has 3 aromatic carbocycles. The first-order valence-corrected chi connectivity index (χ1v) is 11.4. The zero-order chi connectivity index (χ0) is 26.6. The molecule has 188 valence electrons. The Kier molecular flexibility index (Phi) is 6.11. The summed E-state index contributed by atoms with van der Waals surface area (Å²) >= 11 is 6.36. The monoisotopic (exact) mass is 529 g/mol. The summed E-state index contributed by atoms with van der Waals surface area (Å²) < 4.78 is 71.9. The lowest BCUT2D eigenvalue weighted by molar-refractivity contribution is -0.114. The number of benzene rings is 3. The van der Waals surface area contributed by atoms with Gasteiger partial charge >= 0.3 is 0 Å². The highest BCUT2D eigenvalue weighted by atomic mass is 35.5. The lowest BCUT2D eigenvalue weighted by atomic mass is 10.0. The van der Waals surface area contributed by atoms with Crippen molar-refractivity contribution < 1.29 is 26.7 Å². The molecule has 5 rings (SSSR count). The minimum absolute atomic E-state index is 0.0484. The second kappa shape index (κ2) is 9.15. The highest BCUT2D eigenvalue weighted by Gasteiger charge is 2.37. The van der Waals surface area contributed by atoms with Crippen LogP contribution in [0.25, 0.3) is 17.0 Å². The highest BCUT2D eigenvalue weighted by Crippen LogP contribution is 2.35. The van der Waals surface area contributed by atoms with E-state index in [4.69, 9.17) is 11.6 Å². The third kappa shape index (κ3) is 3.90. The molecule has 37 heavy (non-hydrogen) atoms. The number of aromatic nitrogens is 1. The van der Waals surface area contributed by atoms with Crippen LogP contribution in [0.1, 0.15) is 23.7 Å². The summed E-state index contributed by atoms with van der Waals surface area (Å²) in [5.41, 5.74) is 1.71. The Morgan fingerprint density at radius 1 is 0.865 bits per heavy atom. The second-order valence-corrected chi connectivity index (χ2v) is 8.88. The molecule has 0 radical (unpaired) electrons. The summed E-state index contributed by atoms with van der Waals surface area (Å²) in [6.45, 7) is 3.69. The van der Waals surface area contributed by atoms with Crippen molar-refractivity contribution in [3.8, 4) is 0 Å². The molecule has 0 atom stereocenters. The van der Waals surface area contributed by atoms with Crippen LogP contribution in [0.5, 0.6) is 0 Å². The predicted octanol–water partition coefficient (Wildman–Crippen LogP) is 7.15. The molecule has 0 spiro atoms. The maximum Gasteiger partial charge on any atom is 0.280 e. The van der Waals surface area contributed by atoms with Gasteiger partial charge in [0, 0.05) is 33.7 Å². The molecule has 1 aliphatic rings. The summed E-state index contributed by atoms with van der Waals surface area (Å²) in [5, 5.41) is 5.40. The largest absolute Gasteiger partial charge is 0.340 e. The molecule has 0 saturated carbocycles. The molecule has 1 aromatic heterocycles. The van der Waals surface area contributed by atoms with E-state index >= 15 is 0 Å². The number of carbonyl (C=O) groups excluding carboxylic acids is 1. The first-order chi connectivity index (χ1) is 17.6. The van der Waals surface area contributed by atoms with Crippen molar-refractivity contribution in [1.82, 2.24) is 4.57 Å². The van der Waals surface area contributed by atoms with E-state index in [9.17, 15) is 26.7 Å². The topological polar surface area (TPSA) is 37.6 Å². The van der Waals surface area contributed by atoms with E-state index in [0.29, 0.717) is 17.1 Å². The van der Waals surface area contributed by atoms with Crippen molar-refractivity contribution in [2.24, 2.45) is 5.10 Å². The molecule has 4 aromatic rings. The number of carbonyl (C=O) groups is 1. The van der Waals surface area contributed by atoms with E-state index in [1.807, 2.05) is 54.0 Å². The van der Waals surface area contributed by atoms with E-state index in [-0.39, 0.29) is 16.3 Å². The second-order valence-electron chi connectivity index (χ2n) is 8.47. The number of rotatable bonds is 4. The van der Waals surface area contributed by atoms with Crippen LogP contribution in [0.3, 0.4) is 0 Å². The van der Waals surface area contributed by atoms with Gasteiger partial charge in [0.2, 0.25) is 5.82 Å². The number of halogens is 6.